The standard InChI is InChI=1S/C28H25BrN4O7/c1-38-22-11-7-6-10-20(22)31-24(34)15-33-27(36)21(32-28(33)37)13-17-12-19(29)26(23(14-17)39-2)40-16-25(35)30-18-8-4-3-5-9-18/h3-14H,15-16H2,1-2H3,(H,30,35)(H,31,34)(H,32,37)/b21-13+. The van der Waals surface area contributed by atoms with Crippen molar-refractivity contribution in [1.82, 2.24) is 10.2 Å². The molecule has 0 radical (unpaired) electrons. The predicted molar refractivity (Wildman–Crippen MR) is 151 cm³/mol. The molecule has 3 aromatic rings. The van der Waals surface area contributed by atoms with Crippen LogP contribution in [0.1, 0.15) is 5.56 Å². The van der Waals surface area contributed by atoms with Gasteiger partial charge in [0.2, 0.25) is 5.91 Å². The number of nitrogens with one attached hydrogen (secondary N) is 3. The lowest BCUT2D eigenvalue weighted by Crippen LogP contribution is -2.38. The fourth-order valence-electron chi connectivity index (χ4n) is 3.78. The molecule has 0 aromatic heterocycles. The summed E-state index contributed by atoms with van der Waals surface area (Å²) in [6.07, 6.45) is 1.44. The van der Waals surface area contributed by atoms with Crippen molar-refractivity contribution in [3.05, 3.63) is 82.5 Å². The molecule has 1 fully saturated rings. The van der Waals surface area contributed by atoms with Crippen LogP contribution in [0.25, 0.3) is 6.08 Å². The van der Waals surface area contributed by atoms with E-state index in [1.807, 2.05) is 6.07 Å². The molecular formula is C28H25BrN4O7. The van der Waals surface area contributed by atoms with Crippen LogP contribution < -0.4 is 30.2 Å². The molecule has 3 aromatic carbocycles. The summed E-state index contributed by atoms with van der Waals surface area (Å²) in [5.74, 6) is -0.592. The molecule has 0 bridgehead atoms. The topological polar surface area (TPSA) is 135 Å². The monoisotopic (exact) mass is 608 g/mol. The summed E-state index contributed by atoms with van der Waals surface area (Å²) in [6.45, 7) is -0.768. The number of hydrogen-bond donors (Lipinski definition) is 3. The van der Waals surface area contributed by atoms with Gasteiger partial charge in [-0.1, -0.05) is 30.3 Å². The van der Waals surface area contributed by atoms with Crippen LogP contribution in [0.3, 0.4) is 0 Å². The minimum atomic E-state index is -0.734. The van der Waals surface area contributed by atoms with Crippen molar-refractivity contribution in [3.63, 3.8) is 0 Å². The van der Waals surface area contributed by atoms with Crippen molar-refractivity contribution in [2.45, 2.75) is 0 Å². The van der Waals surface area contributed by atoms with E-state index in [0.717, 1.165) is 4.90 Å². The Hall–Kier alpha value is -4.84. The Kier molecular flexibility index (Phi) is 9.02. The van der Waals surface area contributed by atoms with Gasteiger partial charge in [0.05, 0.1) is 24.4 Å². The van der Waals surface area contributed by atoms with Gasteiger partial charge in [-0.2, -0.15) is 0 Å². The van der Waals surface area contributed by atoms with Crippen LogP contribution in [0.5, 0.6) is 17.2 Å². The first-order valence-corrected chi connectivity index (χ1v) is 12.7. The Labute approximate surface area is 238 Å². The number of carbonyl (C=O) groups is 4. The Morgan fingerprint density at radius 3 is 2.35 bits per heavy atom. The molecule has 1 aliphatic heterocycles. The first-order chi connectivity index (χ1) is 19.3. The van der Waals surface area contributed by atoms with Crippen LogP contribution in [-0.4, -0.2) is 56.0 Å². The molecule has 1 heterocycles. The van der Waals surface area contributed by atoms with Gasteiger partial charge in [-0.25, -0.2) is 9.69 Å². The third kappa shape index (κ3) is 6.77. The van der Waals surface area contributed by atoms with Crippen molar-refractivity contribution in [1.29, 1.82) is 0 Å². The summed E-state index contributed by atoms with van der Waals surface area (Å²) in [6, 6.07) is 18.2. The number of halogens is 1. The summed E-state index contributed by atoms with van der Waals surface area (Å²) in [7, 11) is 2.90. The van der Waals surface area contributed by atoms with Gasteiger partial charge in [0, 0.05) is 5.69 Å². The lowest BCUT2D eigenvalue weighted by atomic mass is 10.1. The summed E-state index contributed by atoms with van der Waals surface area (Å²) in [5, 5.41) is 7.84. The molecule has 1 saturated heterocycles. The van der Waals surface area contributed by atoms with Crippen molar-refractivity contribution < 1.29 is 33.4 Å². The van der Waals surface area contributed by atoms with E-state index in [0.29, 0.717) is 32.9 Å². The Morgan fingerprint density at radius 1 is 0.925 bits per heavy atom. The number of methoxy groups -OCH3 is 2. The van der Waals surface area contributed by atoms with Gasteiger partial charge in [0.25, 0.3) is 11.8 Å². The number of urea groups is 1. The molecule has 3 N–H and O–H groups in total. The summed E-state index contributed by atoms with van der Waals surface area (Å²) in [5.41, 5.74) is 1.52. The maximum atomic E-state index is 12.9. The van der Waals surface area contributed by atoms with Crippen molar-refractivity contribution in [3.8, 4) is 17.2 Å². The number of hydrogen-bond acceptors (Lipinski definition) is 7. The van der Waals surface area contributed by atoms with Gasteiger partial charge < -0.3 is 30.2 Å². The van der Waals surface area contributed by atoms with Crippen LogP contribution in [0.4, 0.5) is 16.2 Å². The molecule has 12 heteroatoms. The van der Waals surface area contributed by atoms with Crippen molar-refractivity contribution >= 4 is 57.1 Å². The Morgan fingerprint density at radius 2 is 1.62 bits per heavy atom. The largest absolute Gasteiger partial charge is 0.495 e. The molecule has 0 saturated carbocycles. The number of rotatable bonds is 10. The second kappa shape index (κ2) is 12.8. The van der Waals surface area contributed by atoms with Gasteiger partial charge >= 0.3 is 6.03 Å². The fraction of sp³-hybridized carbons (Fsp3) is 0.143. The maximum Gasteiger partial charge on any atom is 0.329 e. The van der Waals surface area contributed by atoms with E-state index in [9.17, 15) is 19.2 Å². The molecule has 11 nitrogen and oxygen atoms in total. The molecular weight excluding hydrogens is 584 g/mol. The van der Waals surface area contributed by atoms with Crippen LogP contribution in [-0.2, 0) is 14.4 Å². The summed E-state index contributed by atoms with van der Waals surface area (Å²) < 4.78 is 16.8. The van der Waals surface area contributed by atoms with E-state index in [1.165, 1.54) is 20.3 Å². The van der Waals surface area contributed by atoms with Crippen LogP contribution in [0, 0.1) is 0 Å². The van der Waals surface area contributed by atoms with Gasteiger partial charge in [0.1, 0.15) is 18.0 Å². The number of para-hydroxylation sites is 3. The molecule has 0 unspecified atom stereocenters. The predicted octanol–water partition coefficient (Wildman–Crippen LogP) is 4.02. The average molecular weight is 609 g/mol. The first-order valence-electron chi connectivity index (χ1n) is 11.9. The van der Waals surface area contributed by atoms with E-state index in [-0.39, 0.29) is 24.0 Å². The second-order valence-corrected chi connectivity index (χ2v) is 9.22. The highest BCUT2D eigenvalue weighted by atomic mass is 79.9. The highest BCUT2D eigenvalue weighted by Gasteiger charge is 2.35. The quantitative estimate of drug-likeness (QED) is 0.234. The third-order valence-corrected chi connectivity index (χ3v) is 6.20. The normalized spacial score (nSPS) is 13.6. The number of benzene rings is 3. The average Bonchev–Trinajstić information content (AvgIpc) is 3.20. The van der Waals surface area contributed by atoms with E-state index in [2.05, 4.69) is 31.9 Å². The number of amides is 5. The molecule has 4 rings (SSSR count). The van der Waals surface area contributed by atoms with E-state index in [1.54, 1.807) is 60.7 Å². The number of nitrogens with zero attached hydrogens (tertiary/aromatic N) is 1. The van der Waals surface area contributed by atoms with E-state index >= 15 is 0 Å². The number of carbonyl (C=O) groups excluding carboxylic acids is 4. The molecule has 40 heavy (non-hydrogen) atoms. The summed E-state index contributed by atoms with van der Waals surface area (Å²) in [4.78, 5) is 51.0. The minimum Gasteiger partial charge on any atom is -0.495 e. The maximum absolute atomic E-state index is 12.9. The van der Waals surface area contributed by atoms with Crippen molar-refractivity contribution in [2.75, 3.05) is 38.0 Å². The zero-order valence-electron chi connectivity index (χ0n) is 21.5. The molecule has 5 amide bonds. The van der Waals surface area contributed by atoms with Gasteiger partial charge in [-0.15, -0.1) is 0 Å². The SMILES string of the molecule is COc1ccccc1NC(=O)CN1C(=O)N/C(=C/c2cc(Br)c(OCC(=O)Nc3ccccc3)c(OC)c2)C1=O. The lowest BCUT2D eigenvalue weighted by Gasteiger charge is -2.14. The second-order valence-electron chi connectivity index (χ2n) is 8.36. The van der Waals surface area contributed by atoms with Gasteiger partial charge in [-0.3, -0.25) is 14.4 Å². The van der Waals surface area contributed by atoms with Crippen LogP contribution >= 0.6 is 15.9 Å². The van der Waals surface area contributed by atoms with Crippen molar-refractivity contribution in [2.24, 2.45) is 0 Å². The van der Waals surface area contributed by atoms with Crippen LogP contribution in [0.15, 0.2) is 76.9 Å². The fourth-order valence-corrected chi connectivity index (χ4v) is 4.36. The number of imide groups is 1. The Balaban J connectivity index is 1.43. The molecule has 206 valence electrons. The lowest BCUT2D eigenvalue weighted by molar-refractivity contribution is -0.127. The molecule has 1 aliphatic rings. The van der Waals surface area contributed by atoms with Gasteiger partial charge in [0.15, 0.2) is 18.1 Å². The smallest absolute Gasteiger partial charge is 0.329 e. The number of ether oxygens (including phenoxy) is 3. The molecule has 0 aliphatic carbocycles. The van der Waals surface area contributed by atoms with E-state index < -0.39 is 24.4 Å². The molecule has 0 atom stereocenters. The highest BCUT2D eigenvalue weighted by molar-refractivity contribution is 9.10. The van der Waals surface area contributed by atoms with E-state index in [4.69, 9.17) is 14.2 Å². The highest BCUT2D eigenvalue weighted by Crippen LogP contribution is 2.37. The zero-order valence-corrected chi connectivity index (χ0v) is 23.1. The van der Waals surface area contributed by atoms with Gasteiger partial charge in [-0.05, 0) is 64.0 Å². The Bertz CT molecular complexity index is 1480. The molecule has 0 spiro atoms. The summed E-state index contributed by atoms with van der Waals surface area (Å²) >= 11 is 3.41. The minimum absolute atomic E-state index is 0.0278. The number of anilines is 2. The first kappa shape index (κ1) is 28.2. The third-order valence-electron chi connectivity index (χ3n) is 5.61. The zero-order chi connectivity index (χ0) is 28.6. The van der Waals surface area contributed by atoms with Crippen LogP contribution in [0.2, 0.25) is 0 Å².